The number of anilines is 3. The number of para-hydroxylation sites is 1. The van der Waals surface area contributed by atoms with Crippen molar-refractivity contribution in [3.63, 3.8) is 0 Å². The van der Waals surface area contributed by atoms with Crippen molar-refractivity contribution in [1.29, 1.82) is 0 Å². The van der Waals surface area contributed by atoms with Gasteiger partial charge in [-0.05, 0) is 87.1 Å². The predicted octanol–water partition coefficient (Wildman–Crippen LogP) is 13.7. The predicted molar refractivity (Wildman–Crippen MR) is 208 cm³/mol. The first-order valence-corrected chi connectivity index (χ1v) is 17.2. The van der Waals surface area contributed by atoms with E-state index in [9.17, 15) is 0 Å². The molecule has 9 rings (SSSR count). The standard InChI is InChI=1S/C46H31NS/c1-3-11-32(12-4-1)33-19-21-34(22-20-33)35-23-25-39(26-24-35)47(44-18-10-9-17-41(44)36-13-5-2-6-14-36)40-27-28-45-43(31-40)42-29-37-15-7-8-16-38(37)30-46(42)48-45/h1-31H. The van der Waals surface area contributed by atoms with Crippen molar-refractivity contribution in [3.05, 3.63) is 188 Å². The van der Waals surface area contributed by atoms with E-state index in [1.165, 1.54) is 64.3 Å². The summed E-state index contributed by atoms with van der Waals surface area (Å²) in [6, 6.07) is 68.1. The van der Waals surface area contributed by atoms with E-state index < -0.39 is 0 Å². The maximum absolute atomic E-state index is 2.41. The molecule has 0 unspecified atom stereocenters. The van der Waals surface area contributed by atoms with Gasteiger partial charge in [0.25, 0.3) is 0 Å². The number of rotatable bonds is 6. The van der Waals surface area contributed by atoms with E-state index in [1.807, 2.05) is 11.3 Å². The number of benzene rings is 8. The van der Waals surface area contributed by atoms with Gasteiger partial charge < -0.3 is 4.90 Å². The molecule has 0 aliphatic carbocycles. The van der Waals surface area contributed by atoms with Gasteiger partial charge >= 0.3 is 0 Å². The second-order valence-corrected chi connectivity index (χ2v) is 13.3. The molecule has 0 bridgehead atoms. The molecule has 48 heavy (non-hydrogen) atoms. The third-order valence-electron chi connectivity index (χ3n) is 9.26. The van der Waals surface area contributed by atoms with E-state index in [0.717, 1.165) is 17.1 Å². The molecule has 226 valence electrons. The topological polar surface area (TPSA) is 3.24 Å². The Bertz CT molecular complexity index is 2530. The fourth-order valence-corrected chi connectivity index (χ4v) is 7.95. The quantitative estimate of drug-likeness (QED) is 0.177. The summed E-state index contributed by atoms with van der Waals surface area (Å²) >= 11 is 1.87. The smallest absolute Gasteiger partial charge is 0.0540 e. The van der Waals surface area contributed by atoms with Gasteiger partial charge in [0.15, 0.2) is 0 Å². The van der Waals surface area contributed by atoms with E-state index in [1.54, 1.807) is 0 Å². The lowest BCUT2D eigenvalue weighted by atomic mass is 9.99. The minimum atomic E-state index is 1.12. The van der Waals surface area contributed by atoms with E-state index in [2.05, 4.69) is 193 Å². The molecule has 0 amide bonds. The molecule has 0 radical (unpaired) electrons. The molecule has 0 saturated carbocycles. The van der Waals surface area contributed by atoms with Crippen LogP contribution in [0.5, 0.6) is 0 Å². The minimum Gasteiger partial charge on any atom is -0.310 e. The van der Waals surface area contributed by atoms with Crippen molar-refractivity contribution >= 4 is 59.3 Å². The van der Waals surface area contributed by atoms with Gasteiger partial charge in [0.1, 0.15) is 0 Å². The molecule has 1 nitrogen and oxygen atoms in total. The van der Waals surface area contributed by atoms with Gasteiger partial charge in [-0.15, -0.1) is 11.3 Å². The number of hydrogen-bond acceptors (Lipinski definition) is 2. The van der Waals surface area contributed by atoms with Crippen LogP contribution in [0, 0.1) is 0 Å². The average Bonchev–Trinajstić information content (AvgIpc) is 3.52. The summed E-state index contributed by atoms with van der Waals surface area (Å²) in [7, 11) is 0. The zero-order chi connectivity index (χ0) is 31.9. The fourth-order valence-electron chi connectivity index (χ4n) is 6.84. The molecule has 9 aromatic rings. The Morgan fingerprint density at radius 2 is 0.833 bits per heavy atom. The number of thiophene rings is 1. The van der Waals surface area contributed by atoms with E-state index >= 15 is 0 Å². The average molecular weight is 630 g/mol. The minimum absolute atomic E-state index is 1.12. The van der Waals surface area contributed by atoms with Crippen molar-refractivity contribution in [2.24, 2.45) is 0 Å². The summed E-state index contributed by atoms with van der Waals surface area (Å²) in [5, 5.41) is 5.15. The molecular weight excluding hydrogens is 599 g/mol. The van der Waals surface area contributed by atoms with Gasteiger partial charge in [0.2, 0.25) is 0 Å². The van der Waals surface area contributed by atoms with Crippen molar-refractivity contribution in [2.45, 2.75) is 0 Å². The van der Waals surface area contributed by atoms with Crippen LogP contribution in [-0.2, 0) is 0 Å². The van der Waals surface area contributed by atoms with Crippen molar-refractivity contribution in [2.75, 3.05) is 4.90 Å². The van der Waals surface area contributed by atoms with E-state index in [4.69, 9.17) is 0 Å². The van der Waals surface area contributed by atoms with Crippen LogP contribution in [0.4, 0.5) is 17.1 Å². The molecule has 0 aliphatic heterocycles. The summed E-state index contributed by atoms with van der Waals surface area (Å²) in [6.45, 7) is 0. The molecule has 0 N–H and O–H groups in total. The van der Waals surface area contributed by atoms with Crippen molar-refractivity contribution in [3.8, 4) is 33.4 Å². The Labute approximate surface area is 284 Å². The Balaban J connectivity index is 1.17. The number of fused-ring (bicyclic) bond motifs is 4. The Morgan fingerprint density at radius 3 is 1.52 bits per heavy atom. The first-order valence-electron chi connectivity index (χ1n) is 16.3. The second-order valence-electron chi connectivity index (χ2n) is 12.2. The first-order chi connectivity index (χ1) is 23.8. The summed E-state index contributed by atoms with van der Waals surface area (Å²) in [4.78, 5) is 2.41. The molecule has 2 heteroatoms. The lowest BCUT2D eigenvalue weighted by molar-refractivity contribution is 1.29. The lowest BCUT2D eigenvalue weighted by Gasteiger charge is -2.28. The maximum atomic E-state index is 2.41. The molecule has 0 aliphatic rings. The molecule has 0 atom stereocenters. The summed E-state index contributed by atoms with van der Waals surface area (Å²) in [5.74, 6) is 0. The van der Waals surface area contributed by atoms with Gasteiger partial charge in [-0.3, -0.25) is 0 Å². The molecule has 0 spiro atoms. The molecule has 1 aromatic heterocycles. The zero-order valence-electron chi connectivity index (χ0n) is 26.3. The largest absolute Gasteiger partial charge is 0.310 e. The van der Waals surface area contributed by atoms with Crippen LogP contribution in [0.3, 0.4) is 0 Å². The van der Waals surface area contributed by atoms with Gasteiger partial charge in [-0.25, -0.2) is 0 Å². The Hall–Kier alpha value is -5.96. The number of hydrogen-bond donors (Lipinski definition) is 0. The molecule has 0 fully saturated rings. The zero-order valence-corrected chi connectivity index (χ0v) is 27.1. The third-order valence-corrected chi connectivity index (χ3v) is 10.4. The first kappa shape index (κ1) is 28.3. The second kappa shape index (κ2) is 12.0. The van der Waals surface area contributed by atoms with Gasteiger partial charge in [0.05, 0.1) is 5.69 Å². The highest BCUT2D eigenvalue weighted by molar-refractivity contribution is 7.25. The molecule has 1 heterocycles. The monoisotopic (exact) mass is 629 g/mol. The highest BCUT2D eigenvalue weighted by Gasteiger charge is 2.19. The van der Waals surface area contributed by atoms with E-state index in [0.29, 0.717) is 0 Å². The van der Waals surface area contributed by atoms with Gasteiger partial charge in [0, 0.05) is 37.1 Å². The lowest BCUT2D eigenvalue weighted by Crippen LogP contribution is -2.11. The summed E-state index contributed by atoms with van der Waals surface area (Å²) < 4.78 is 2.62. The van der Waals surface area contributed by atoms with Gasteiger partial charge in [-0.1, -0.05) is 140 Å². The maximum Gasteiger partial charge on any atom is 0.0540 e. The Morgan fingerprint density at radius 1 is 0.333 bits per heavy atom. The van der Waals surface area contributed by atoms with Crippen LogP contribution in [0.25, 0.3) is 64.3 Å². The van der Waals surface area contributed by atoms with Crippen LogP contribution in [0.15, 0.2) is 188 Å². The molecule has 8 aromatic carbocycles. The summed E-state index contributed by atoms with van der Waals surface area (Å²) in [5.41, 5.74) is 10.7. The Kier molecular flexibility index (Phi) is 7.07. The van der Waals surface area contributed by atoms with Crippen LogP contribution in [-0.4, -0.2) is 0 Å². The highest BCUT2D eigenvalue weighted by atomic mass is 32.1. The SMILES string of the molecule is c1ccc(-c2ccc(-c3ccc(N(c4ccc5sc6cc7ccccc7cc6c5c4)c4ccccc4-c4ccccc4)cc3)cc2)cc1. The van der Waals surface area contributed by atoms with Crippen LogP contribution >= 0.6 is 11.3 Å². The van der Waals surface area contributed by atoms with Crippen molar-refractivity contribution < 1.29 is 0 Å². The van der Waals surface area contributed by atoms with Crippen LogP contribution in [0.1, 0.15) is 0 Å². The van der Waals surface area contributed by atoms with Crippen LogP contribution in [0.2, 0.25) is 0 Å². The van der Waals surface area contributed by atoms with Crippen molar-refractivity contribution in [1.82, 2.24) is 0 Å². The van der Waals surface area contributed by atoms with Crippen LogP contribution < -0.4 is 4.90 Å². The fraction of sp³-hybridized carbons (Fsp3) is 0. The molecular formula is C46H31NS. The normalized spacial score (nSPS) is 11.3. The molecule has 0 saturated heterocycles. The number of nitrogens with zero attached hydrogens (tertiary/aromatic N) is 1. The highest BCUT2D eigenvalue weighted by Crippen LogP contribution is 2.44. The third kappa shape index (κ3) is 5.13. The summed E-state index contributed by atoms with van der Waals surface area (Å²) in [6.07, 6.45) is 0. The van der Waals surface area contributed by atoms with Gasteiger partial charge in [-0.2, -0.15) is 0 Å². The van der Waals surface area contributed by atoms with E-state index in [-0.39, 0.29) is 0 Å².